The number of carbonyl (C=O) groups excluding carboxylic acids is 1. The van der Waals surface area contributed by atoms with Crippen LogP contribution in [-0.2, 0) is 10.8 Å². The highest BCUT2D eigenvalue weighted by molar-refractivity contribution is 6.29. The molecule has 1 unspecified atom stereocenters. The number of halogens is 3. The minimum atomic E-state index is -3.31. The average Bonchev–Trinajstić information content (AvgIpc) is 3.23. The van der Waals surface area contributed by atoms with E-state index in [0.29, 0.717) is 12.0 Å². The largest absolute Gasteiger partial charge is 0.388 e. The lowest BCUT2D eigenvalue weighted by Crippen LogP contribution is -2.27. The van der Waals surface area contributed by atoms with E-state index in [4.69, 9.17) is 22.4 Å². The van der Waals surface area contributed by atoms with Crippen LogP contribution >= 0.6 is 11.6 Å². The lowest BCUT2D eigenvalue weighted by atomic mass is 10.1. The summed E-state index contributed by atoms with van der Waals surface area (Å²) in [5.74, 6) is -5.10. The Bertz CT molecular complexity index is 1380. The summed E-state index contributed by atoms with van der Waals surface area (Å²) in [4.78, 5) is 17.8. The Labute approximate surface area is 201 Å². The Morgan fingerprint density at radius 1 is 1.20 bits per heavy atom. The Morgan fingerprint density at radius 3 is 2.49 bits per heavy atom. The number of aromatic nitrogens is 3. The molecule has 0 fully saturated rings. The van der Waals surface area contributed by atoms with E-state index in [2.05, 4.69) is 15.3 Å². The first kappa shape index (κ1) is 25.9. The molecule has 0 amide bonds. The maximum atomic E-state index is 14.4. The van der Waals surface area contributed by atoms with E-state index < -0.39 is 29.5 Å². The van der Waals surface area contributed by atoms with Crippen LogP contribution in [0.25, 0.3) is 16.8 Å². The molecule has 0 saturated heterocycles. The lowest BCUT2D eigenvalue weighted by molar-refractivity contribution is -0.329. The van der Waals surface area contributed by atoms with Crippen molar-refractivity contribution in [2.24, 2.45) is 0 Å². The van der Waals surface area contributed by atoms with Crippen LogP contribution in [0.3, 0.4) is 0 Å². The van der Waals surface area contributed by atoms with Crippen LogP contribution in [0.15, 0.2) is 48.7 Å². The molecule has 2 heterocycles. The SMILES string of the molecule is CNc1ccc(-c2nc(C(O)(O)O)n3c(Cl)cnc(N)c23)c(F)c1.O=CC(O)c1cccc(F)c1. The van der Waals surface area contributed by atoms with Crippen LogP contribution in [0.1, 0.15) is 17.5 Å². The molecule has 2 aromatic heterocycles. The molecule has 184 valence electrons. The molecule has 0 bridgehead atoms. The van der Waals surface area contributed by atoms with Gasteiger partial charge >= 0.3 is 5.97 Å². The van der Waals surface area contributed by atoms with Crippen LogP contribution in [0, 0.1) is 11.6 Å². The molecule has 4 rings (SSSR count). The van der Waals surface area contributed by atoms with Crippen molar-refractivity contribution in [2.45, 2.75) is 12.1 Å². The standard InChI is InChI=1S/C14H13ClFN5O3.C8H7FO2/c1-18-6-2-3-7(8(16)4-6)10-11-12(17)19-5-9(15)21(11)13(20-10)14(22,23)24;9-7-3-1-2-6(4-7)8(11)5-10/h2-5,18,22-24H,1H3,(H2,17,19);1-5,8,11H. The van der Waals surface area contributed by atoms with Gasteiger partial charge in [0.1, 0.15) is 39.9 Å². The minimum Gasteiger partial charge on any atom is -0.388 e. The van der Waals surface area contributed by atoms with Gasteiger partial charge in [0.15, 0.2) is 6.29 Å². The second-order valence-corrected chi connectivity index (χ2v) is 7.54. The van der Waals surface area contributed by atoms with Gasteiger partial charge in [-0.25, -0.2) is 18.7 Å². The maximum Gasteiger partial charge on any atom is 0.339 e. The molecule has 0 saturated carbocycles. The lowest BCUT2D eigenvalue weighted by Gasteiger charge is -2.13. The van der Waals surface area contributed by atoms with E-state index in [1.165, 1.54) is 30.3 Å². The third-order valence-corrected chi connectivity index (χ3v) is 5.04. The molecule has 0 aliphatic heterocycles. The second-order valence-electron chi connectivity index (χ2n) is 7.15. The summed E-state index contributed by atoms with van der Waals surface area (Å²) in [7, 11) is 1.64. The number of imidazole rings is 1. The number of nitrogens with zero attached hydrogens (tertiary/aromatic N) is 3. The Balaban J connectivity index is 0.000000261. The molecule has 1 atom stereocenters. The van der Waals surface area contributed by atoms with Crippen LogP contribution in [0.2, 0.25) is 5.15 Å². The first-order chi connectivity index (χ1) is 16.5. The number of benzene rings is 2. The van der Waals surface area contributed by atoms with E-state index in [1.807, 2.05) is 0 Å². The van der Waals surface area contributed by atoms with Crippen molar-refractivity contribution in [1.82, 2.24) is 14.4 Å². The zero-order valence-corrected chi connectivity index (χ0v) is 18.8. The number of nitrogens with two attached hydrogens (primary N) is 1. The molecule has 0 spiro atoms. The summed E-state index contributed by atoms with van der Waals surface area (Å²) in [6.45, 7) is 0. The molecule has 35 heavy (non-hydrogen) atoms. The third-order valence-electron chi connectivity index (χ3n) is 4.78. The number of hydrogen-bond acceptors (Lipinski definition) is 9. The number of aldehydes is 1. The minimum absolute atomic E-state index is 0.0257. The highest BCUT2D eigenvalue weighted by Gasteiger charge is 2.32. The van der Waals surface area contributed by atoms with Crippen molar-refractivity contribution in [3.05, 3.63) is 76.8 Å². The summed E-state index contributed by atoms with van der Waals surface area (Å²) in [6.07, 6.45) is 0.283. The van der Waals surface area contributed by atoms with Crippen LogP contribution in [0.4, 0.5) is 20.3 Å². The van der Waals surface area contributed by atoms with E-state index in [-0.39, 0.29) is 33.3 Å². The van der Waals surface area contributed by atoms with Crippen molar-refractivity contribution >= 4 is 34.9 Å². The predicted octanol–water partition coefficient (Wildman–Crippen LogP) is 1.96. The number of nitrogens with one attached hydrogen (secondary N) is 1. The van der Waals surface area contributed by atoms with Gasteiger partial charge < -0.3 is 36.3 Å². The molecule has 10 nitrogen and oxygen atoms in total. The maximum absolute atomic E-state index is 14.4. The fourth-order valence-corrected chi connectivity index (χ4v) is 3.36. The van der Waals surface area contributed by atoms with E-state index in [9.17, 15) is 28.9 Å². The Morgan fingerprint density at radius 2 is 1.91 bits per heavy atom. The number of rotatable bonds is 5. The fraction of sp³-hybridized carbons (Fsp3) is 0.136. The summed E-state index contributed by atoms with van der Waals surface area (Å²) >= 11 is 6.00. The summed E-state index contributed by atoms with van der Waals surface area (Å²) < 4.78 is 27.8. The number of aliphatic hydroxyl groups is 4. The highest BCUT2D eigenvalue weighted by atomic mass is 35.5. The summed E-state index contributed by atoms with van der Waals surface area (Å²) in [5.41, 5.74) is 6.65. The van der Waals surface area contributed by atoms with Gasteiger partial charge in [-0.05, 0) is 35.9 Å². The fourth-order valence-electron chi connectivity index (χ4n) is 3.15. The third kappa shape index (κ3) is 5.53. The molecule has 0 aliphatic carbocycles. The normalized spacial score (nSPS) is 12.1. The summed E-state index contributed by atoms with van der Waals surface area (Å²) in [5, 5.41) is 40.2. The smallest absolute Gasteiger partial charge is 0.339 e. The summed E-state index contributed by atoms with van der Waals surface area (Å²) in [6, 6.07) is 9.57. The molecule has 13 heteroatoms. The van der Waals surface area contributed by atoms with Gasteiger partial charge in [-0.15, -0.1) is 0 Å². The number of fused-ring (bicyclic) bond motifs is 1. The van der Waals surface area contributed by atoms with Crippen molar-refractivity contribution in [1.29, 1.82) is 0 Å². The van der Waals surface area contributed by atoms with Gasteiger partial charge in [0.05, 0.1) is 6.20 Å². The zero-order valence-electron chi connectivity index (χ0n) is 18.0. The van der Waals surface area contributed by atoms with Crippen molar-refractivity contribution in [2.75, 3.05) is 18.1 Å². The van der Waals surface area contributed by atoms with Crippen molar-refractivity contribution in [3.63, 3.8) is 0 Å². The number of aliphatic hydroxyl groups excluding tert-OH is 1. The second kappa shape index (κ2) is 10.3. The Hall–Kier alpha value is -3.68. The Kier molecular flexibility index (Phi) is 7.63. The quantitative estimate of drug-likeness (QED) is 0.175. The van der Waals surface area contributed by atoms with E-state index >= 15 is 0 Å². The van der Waals surface area contributed by atoms with Gasteiger partial charge in [-0.1, -0.05) is 23.7 Å². The number of anilines is 2. The van der Waals surface area contributed by atoms with E-state index in [0.717, 1.165) is 16.7 Å². The predicted molar refractivity (Wildman–Crippen MR) is 123 cm³/mol. The van der Waals surface area contributed by atoms with Crippen LogP contribution in [0.5, 0.6) is 0 Å². The van der Waals surface area contributed by atoms with Crippen LogP contribution < -0.4 is 11.1 Å². The molecule has 0 aliphatic rings. The van der Waals surface area contributed by atoms with Gasteiger partial charge in [0, 0.05) is 18.3 Å². The van der Waals surface area contributed by atoms with Gasteiger partial charge in [-0.3, -0.25) is 4.40 Å². The van der Waals surface area contributed by atoms with Crippen LogP contribution in [-0.4, -0.2) is 48.1 Å². The number of carbonyl (C=O) groups is 1. The molecular formula is C22H20ClF2N5O5. The zero-order chi connectivity index (χ0) is 25.9. The van der Waals surface area contributed by atoms with E-state index in [1.54, 1.807) is 13.1 Å². The molecule has 7 N–H and O–H groups in total. The topological polar surface area (TPSA) is 166 Å². The van der Waals surface area contributed by atoms with Crippen molar-refractivity contribution in [3.8, 4) is 11.3 Å². The molecule has 2 aromatic carbocycles. The molecule has 4 aromatic rings. The monoisotopic (exact) mass is 507 g/mol. The highest BCUT2D eigenvalue weighted by Crippen LogP contribution is 2.34. The number of hydrogen-bond donors (Lipinski definition) is 6. The average molecular weight is 508 g/mol. The number of nitrogen functional groups attached to an aromatic ring is 1. The van der Waals surface area contributed by atoms with Gasteiger partial charge in [-0.2, -0.15) is 0 Å². The first-order valence-electron chi connectivity index (χ1n) is 9.84. The van der Waals surface area contributed by atoms with Crippen molar-refractivity contribution < 1.29 is 34.0 Å². The molecular weight excluding hydrogens is 488 g/mol. The first-order valence-corrected chi connectivity index (χ1v) is 10.2. The van der Waals surface area contributed by atoms with Gasteiger partial charge in [0.25, 0.3) is 0 Å². The molecule has 0 radical (unpaired) electrons. The van der Waals surface area contributed by atoms with Gasteiger partial charge in [0.2, 0.25) is 5.82 Å².